The molecule has 4 nitrogen and oxygen atoms in total. The molecule has 1 unspecified atom stereocenters. The highest BCUT2D eigenvalue weighted by Gasteiger charge is 2.19. The molecule has 1 rings (SSSR count). The third-order valence-corrected chi connectivity index (χ3v) is 2.80. The predicted octanol–water partition coefficient (Wildman–Crippen LogP) is 2.41. The summed E-state index contributed by atoms with van der Waals surface area (Å²) in [5, 5.41) is 11.0. The van der Waals surface area contributed by atoms with Gasteiger partial charge in [0.05, 0.1) is 4.92 Å². The van der Waals surface area contributed by atoms with E-state index in [0.717, 1.165) is 16.7 Å². The maximum Gasteiger partial charge on any atom is 0.275 e. The summed E-state index contributed by atoms with van der Waals surface area (Å²) in [6.07, 6.45) is 0.679. The molecule has 0 aliphatic heterocycles. The van der Waals surface area contributed by atoms with Gasteiger partial charge in [-0.2, -0.15) is 0 Å². The fourth-order valence-corrected chi connectivity index (χ4v) is 2.13. The van der Waals surface area contributed by atoms with Gasteiger partial charge in [0, 0.05) is 17.2 Å². The lowest BCUT2D eigenvalue weighted by Gasteiger charge is -2.14. The lowest BCUT2D eigenvalue weighted by atomic mass is 9.93. The predicted molar refractivity (Wildman–Crippen MR) is 64.7 cm³/mol. The van der Waals surface area contributed by atoms with Gasteiger partial charge in [0.1, 0.15) is 0 Å². The molecule has 0 spiro atoms. The summed E-state index contributed by atoms with van der Waals surface area (Å²) in [5.41, 5.74) is 9.53. The Labute approximate surface area is 95.6 Å². The van der Waals surface area contributed by atoms with Crippen LogP contribution in [0.25, 0.3) is 0 Å². The first-order valence-electron chi connectivity index (χ1n) is 5.34. The van der Waals surface area contributed by atoms with E-state index in [1.165, 1.54) is 0 Å². The van der Waals surface area contributed by atoms with Crippen molar-refractivity contribution in [2.45, 2.75) is 40.2 Å². The number of hydrogen-bond acceptors (Lipinski definition) is 3. The highest BCUT2D eigenvalue weighted by atomic mass is 16.6. The Kier molecular flexibility index (Phi) is 3.65. The van der Waals surface area contributed by atoms with Crippen LogP contribution in [-0.2, 0) is 6.42 Å². The van der Waals surface area contributed by atoms with Crippen LogP contribution in [0, 0.1) is 30.9 Å². The van der Waals surface area contributed by atoms with Gasteiger partial charge in [-0.1, -0.05) is 0 Å². The summed E-state index contributed by atoms with van der Waals surface area (Å²) >= 11 is 0. The van der Waals surface area contributed by atoms with Crippen LogP contribution in [-0.4, -0.2) is 11.0 Å². The molecule has 0 saturated heterocycles. The number of aryl methyl sites for hydroxylation is 2. The van der Waals surface area contributed by atoms with Gasteiger partial charge in [-0.05, 0) is 51.3 Å². The van der Waals surface area contributed by atoms with Gasteiger partial charge < -0.3 is 5.73 Å². The van der Waals surface area contributed by atoms with Crippen molar-refractivity contribution < 1.29 is 4.92 Å². The number of nitrogens with zero attached hydrogens (tertiary/aromatic N) is 1. The van der Waals surface area contributed by atoms with Crippen molar-refractivity contribution in [2.75, 3.05) is 0 Å². The molecule has 0 aliphatic rings. The zero-order valence-corrected chi connectivity index (χ0v) is 10.2. The van der Waals surface area contributed by atoms with Gasteiger partial charge >= 0.3 is 0 Å². The average molecular weight is 222 g/mol. The number of benzene rings is 1. The second-order valence-corrected chi connectivity index (χ2v) is 4.40. The molecule has 16 heavy (non-hydrogen) atoms. The first kappa shape index (κ1) is 12.6. The molecular weight excluding hydrogens is 204 g/mol. The third-order valence-electron chi connectivity index (χ3n) is 2.80. The van der Waals surface area contributed by atoms with E-state index in [4.69, 9.17) is 5.73 Å². The molecule has 0 amide bonds. The summed E-state index contributed by atoms with van der Waals surface area (Å²) in [4.78, 5) is 10.7. The summed E-state index contributed by atoms with van der Waals surface area (Å²) in [7, 11) is 0. The molecule has 1 aromatic rings. The second-order valence-electron chi connectivity index (χ2n) is 4.40. The maximum absolute atomic E-state index is 11.0. The fourth-order valence-electron chi connectivity index (χ4n) is 2.13. The van der Waals surface area contributed by atoms with E-state index >= 15 is 0 Å². The number of nitro groups is 1. The van der Waals surface area contributed by atoms with Crippen molar-refractivity contribution in [1.82, 2.24) is 0 Å². The topological polar surface area (TPSA) is 69.2 Å². The Morgan fingerprint density at radius 1 is 1.38 bits per heavy atom. The van der Waals surface area contributed by atoms with Gasteiger partial charge in [-0.25, -0.2) is 0 Å². The molecule has 0 aromatic heterocycles. The SMILES string of the molecule is Cc1cc(C)c([N+](=O)[O-])c(C)c1CC(C)N. The third kappa shape index (κ3) is 2.39. The minimum absolute atomic E-state index is 0.0136. The summed E-state index contributed by atoms with van der Waals surface area (Å²) in [6, 6.07) is 1.88. The van der Waals surface area contributed by atoms with Crippen molar-refractivity contribution in [3.05, 3.63) is 38.4 Å². The van der Waals surface area contributed by atoms with Crippen LogP contribution in [0.5, 0.6) is 0 Å². The number of nitro benzene ring substituents is 1. The van der Waals surface area contributed by atoms with Crippen LogP contribution in [0.2, 0.25) is 0 Å². The van der Waals surface area contributed by atoms with Crippen molar-refractivity contribution in [2.24, 2.45) is 5.73 Å². The van der Waals surface area contributed by atoms with E-state index in [0.29, 0.717) is 12.0 Å². The molecule has 88 valence electrons. The Balaban J connectivity index is 3.39. The zero-order chi connectivity index (χ0) is 12.5. The quantitative estimate of drug-likeness (QED) is 0.630. The lowest BCUT2D eigenvalue weighted by molar-refractivity contribution is -0.386. The minimum Gasteiger partial charge on any atom is -0.328 e. The van der Waals surface area contributed by atoms with E-state index in [2.05, 4.69) is 0 Å². The second kappa shape index (κ2) is 4.61. The Morgan fingerprint density at radius 2 is 1.94 bits per heavy atom. The largest absolute Gasteiger partial charge is 0.328 e. The van der Waals surface area contributed by atoms with Crippen LogP contribution in [0.4, 0.5) is 5.69 Å². The fraction of sp³-hybridized carbons (Fsp3) is 0.500. The number of nitrogens with two attached hydrogens (primary N) is 1. The molecule has 0 aliphatic carbocycles. The molecule has 0 radical (unpaired) electrons. The maximum atomic E-state index is 11.0. The van der Waals surface area contributed by atoms with Crippen molar-refractivity contribution >= 4 is 5.69 Å². The van der Waals surface area contributed by atoms with Crippen molar-refractivity contribution in [1.29, 1.82) is 0 Å². The molecule has 1 aromatic carbocycles. The highest BCUT2D eigenvalue weighted by Crippen LogP contribution is 2.29. The molecule has 0 saturated carbocycles. The molecule has 1 atom stereocenters. The van der Waals surface area contributed by atoms with E-state index < -0.39 is 0 Å². The van der Waals surface area contributed by atoms with Crippen molar-refractivity contribution in [3.8, 4) is 0 Å². The molecule has 0 fully saturated rings. The van der Waals surface area contributed by atoms with Gasteiger partial charge in [-0.3, -0.25) is 10.1 Å². The van der Waals surface area contributed by atoms with Gasteiger partial charge in [0.15, 0.2) is 0 Å². The van der Waals surface area contributed by atoms with Gasteiger partial charge in [0.25, 0.3) is 5.69 Å². The molecular formula is C12H18N2O2. The van der Waals surface area contributed by atoms with Crippen LogP contribution in [0.3, 0.4) is 0 Å². The van der Waals surface area contributed by atoms with E-state index in [1.807, 2.05) is 19.9 Å². The van der Waals surface area contributed by atoms with E-state index in [1.54, 1.807) is 13.8 Å². The monoisotopic (exact) mass is 222 g/mol. The number of rotatable bonds is 3. The normalized spacial score (nSPS) is 12.6. The summed E-state index contributed by atoms with van der Waals surface area (Å²) in [6.45, 7) is 7.45. The van der Waals surface area contributed by atoms with Crippen molar-refractivity contribution in [3.63, 3.8) is 0 Å². The smallest absolute Gasteiger partial charge is 0.275 e. The molecule has 0 heterocycles. The molecule has 2 N–H and O–H groups in total. The summed E-state index contributed by atoms with van der Waals surface area (Å²) in [5.74, 6) is 0. The molecule has 4 heteroatoms. The minimum atomic E-state index is -0.311. The standard InChI is InChI=1S/C12H18N2O2/c1-7-5-8(2)12(14(15)16)10(4)11(7)6-9(3)13/h5,9H,6,13H2,1-4H3. The highest BCUT2D eigenvalue weighted by molar-refractivity contribution is 5.54. The molecule has 0 bridgehead atoms. The van der Waals surface area contributed by atoms with Crippen LogP contribution < -0.4 is 5.73 Å². The zero-order valence-electron chi connectivity index (χ0n) is 10.2. The number of hydrogen-bond donors (Lipinski definition) is 1. The first-order valence-corrected chi connectivity index (χ1v) is 5.34. The first-order chi connectivity index (χ1) is 7.34. The Bertz CT molecular complexity index is 426. The summed E-state index contributed by atoms with van der Waals surface area (Å²) < 4.78 is 0. The van der Waals surface area contributed by atoms with Crippen LogP contribution in [0.1, 0.15) is 29.2 Å². The van der Waals surface area contributed by atoms with E-state index in [-0.39, 0.29) is 16.7 Å². The van der Waals surface area contributed by atoms with Gasteiger partial charge in [0.2, 0.25) is 0 Å². The van der Waals surface area contributed by atoms with E-state index in [9.17, 15) is 10.1 Å². The van der Waals surface area contributed by atoms with Crippen LogP contribution in [0.15, 0.2) is 6.07 Å². The Morgan fingerprint density at radius 3 is 2.38 bits per heavy atom. The van der Waals surface area contributed by atoms with Gasteiger partial charge in [-0.15, -0.1) is 0 Å². The average Bonchev–Trinajstić information content (AvgIpc) is 2.10. The lowest BCUT2D eigenvalue weighted by Crippen LogP contribution is -2.19. The van der Waals surface area contributed by atoms with Crippen LogP contribution >= 0.6 is 0 Å². The Hall–Kier alpha value is -1.42.